The maximum atomic E-state index is 13.6. The van der Waals surface area contributed by atoms with Gasteiger partial charge in [0, 0.05) is 11.6 Å². The fourth-order valence-electron chi connectivity index (χ4n) is 3.90. The summed E-state index contributed by atoms with van der Waals surface area (Å²) in [5.41, 5.74) is 2.05. The summed E-state index contributed by atoms with van der Waals surface area (Å²) in [7, 11) is 7.27. The highest BCUT2D eigenvalue weighted by atomic mass is 16.5. The van der Waals surface area contributed by atoms with Crippen molar-refractivity contribution in [3.63, 3.8) is 0 Å². The van der Waals surface area contributed by atoms with Gasteiger partial charge in [-0.2, -0.15) is 0 Å². The molecule has 0 atom stereocenters. The second-order valence-electron chi connectivity index (χ2n) is 7.45. The quantitative estimate of drug-likeness (QED) is 0.346. The number of benzene rings is 3. The van der Waals surface area contributed by atoms with Gasteiger partial charge in [0.05, 0.1) is 46.7 Å². The topological polar surface area (TPSA) is 93.4 Å². The van der Waals surface area contributed by atoms with Crippen LogP contribution in [-0.2, 0) is 4.74 Å². The van der Waals surface area contributed by atoms with Crippen molar-refractivity contribution in [2.24, 2.45) is 0 Å². The Hall–Kier alpha value is -4.46. The summed E-state index contributed by atoms with van der Waals surface area (Å²) >= 11 is 0. The predicted molar refractivity (Wildman–Crippen MR) is 131 cm³/mol. The zero-order valence-electron chi connectivity index (χ0n) is 20.0. The molecule has 0 bridgehead atoms. The fourth-order valence-corrected chi connectivity index (χ4v) is 3.90. The highest BCUT2D eigenvalue weighted by Crippen LogP contribution is 2.44. The molecule has 0 radical (unpaired) electrons. The number of methoxy groups -OCH3 is 5. The van der Waals surface area contributed by atoms with Crippen LogP contribution >= 0.6 is 0 Å². The van der Waals surface area contributed by atoms with Crippen molar-refractivity contribution in [3.8, 4) is 45.4 Å². The lowest BCUT2D eigenvalue weighted by atomic mass is 9.98. The van der Waals surface area contributed by atoms with Gasteiger partial charge >= 0.3 is 5.97 Å². The monoisotopic (exact) mass is 476 g/mol. The van der Waals surface area contributed by atoms with Crippen molar-refractivity contribution < 1.29 is 32.9 Å². The van der Waals surface area contributed by atoms with Gasteiger partial charge in [0.15, 0.2) is 11.3 Å². The third-order valence-electron chi connectivity index (χ3n) is 5.64. The van der Waals surface area contributed by atoms with Crippen LogP contribution in [0.2, 0.25) is 0 Å². The molecule has 0 saturated carbocycles. The minimum Gasteiger partial charge on any atom is -0.497 e. The Balaban J connectivity index is 2.08. The van der Waals surface area contributed by atoms with E-state index < -0.39 is 11.4 Å². The Bertz CT molecular complexity index is 1430. The minimum absolute atomic E-state index is 0.0399. The molecule has 8 heteroatoms. The second kappa shape index (κ2) is 9.80. The summed E-state index contributed by atoms with van der Waals surface area (Å²) in [6, 6.07) is 15.4. The van der Waals surface area contributed by atoms with Crippen molar-refractivity contribution in [2.45, 2.75) is 0 Å². The van der Waals surface area contributed by atoms with Gasteiger partial charge in [0.25, 0.3) is 0 Å². The Morgan fingerprint density at radius 1 is 0.743 bits per heavy atom. The highest BCUT2D eigenvalue weighted by molar-refractivity contribution is 6.01. The molecular weight excluding hydrogens is 452 g/mol. The van der Waals surface area contributed by atoms with Gasteiger partial charge in [-0.05, 0) is 42.0 Å². The van der Waals surface area contributed by atoms with E-state index in [1.165, 1.54) is 28.4 Å². The SMILES string of the molecule is COC(=O)c1ccc(-c2c(OC)cc(OC)c3c(=O)c(OC)c(-c4ccc(OC)cc4)oc23)cc1. The second-order valence-corrected chi connectivity index (χ2v) is 7.45. The summed E-state index contributed by atoms with van der Waals surface area (Å²) in [6.07, 6.45) is 0. The molecule has 0 amide bonds. The lowest BCUT2D eigenvalue weighted by Gasteiger charge is -2.17. The number of carbonyl (C=O) groups is 1. The van der Waals surface area contributed by atoms with Crippen LogP contribution in [0.5, 0.6) is 23.0 Å². The third kappa shape index (κ3) is 4.14. The fraction of sp³-hybridized carbons (Fsp3) is 0.185. The van der Waals surface area contributed by atoms with E-state index in [4.69, 9.17) is 28.1 Å². The Labute approximate surface area is 201 Å². The summed E-state index contributed by atoms with van der Waals surface area (Å²) < 4.78 is 33.0. The van der Waals surface area contributed by atoms with E-state index in [1.54, 1.807) is 61.7 Å². The number of esters is 1. The van der Waals surface area contributed by atoms with E-state index in [0.717, 1.165) is 0 Å². The average molecular weight is 476 g/mol. The normalized spacial score (nSPS) is 10.7. The summed E-state index contributed by atoms with van der Waals surface area (Å²) in [5.74, 6) is 1.19. The molecule has 1 aromatic heterocycles. The smallest absolute Gasteiger partial charge is 0.337 e. The average Bonchev–Trinajstić information content (AvgIpc) is 2.91. The van der Waals surface area contributed by atoms with Crippen LogP contribution in [0.4, 0.5) is 0 Å². The molecule has 180 valence electrons. The van der Waals surface area contributed by atoms with Crippen molar-refractivity contribution in [2.75, 3.05) is 35.5 Å². The molecule has 1 heterocycles. The van der Waals surface area contributed by atoms with Crippen LogP contribution in [0.3, 0.4) is 0 Å². The molecule has 8 nitrogen and oxygen atoms in total. The van der Waals surface area contributed by atoms with Gasteiger partial charge in [-0.15, -0.1) is 0 Å². The van der Waals surface area contributed by atoms with E-state index >= 15 is 0 Å². The van der Waals surface area contributed by atoms with Gasteiger partial charge in [-0.3, -0.25) is 4.79 Å². The highest BCUT2D eigenvalue weighted by Gasteiger charge is 2.25. The molecule has 0 N–H and O–H groups in total. The van der Waals surface area contributed by atoms with E-state index in [0.29, 0.717) is 33.8 Å². The van der Waals surface area contributed by atoms with Gasteiger partial charge in [-0.1, -0.05) is 12.1 Å². The first-order valence-electron chi connectivity index (χ1n) is 10.6. The first kappa shape index (κ1) is 23.7. The lowest BCUT2D eigenvalue weighted by Crippen LogP contribution is -2.10. The molecule has 4 rings (SSSR count). The molecule has 0 fully saturated rings. The van der Waals surface area contributed by atoms with Crippen molar-refractivity contribution in [1.82, 2.24) is 0 Å². The molecular formula is C27H24O8. The van der Waals surface area contributed by atoms with Crippen LogP contribution in [0.15, 0.2) is 63.8 Å². The number of carbonyl (C=O) groups excluding carboxylic acids is 1. The van der Waals surface area contributed by atoms with Crippen LogP contribution in [0.25, 0.3) is 33.4 Å². The van der Waals surface area contributed by atoms with Crippen molar-refractivity contribution in [3.05, 3.63) is 70.4 Å². The molecule has 0 unspecified atom stereocenters. The van der Waals surface area contributed by atoms with Gasteiger partial charge < -0.3 is 28.1 Å². The first-order chi connectivity index (χ1) is 17.0. The third-order valence-corrected chi connectivity index (χ3v) is 5.64. The number of ether oxygens (including phenoxy) is 5. The summed E-state index contributed by atoms with van der Waals surface area (Å²) in [6.45, 7) is 0. The lowest BCUT2D eigenvalue weighted by molar-refractivity contribution is 0.0600. The Morgan fingerprint density at radius 2 is 1.37 bits per heavy atom. The van der Waals surface area contributed by atoms with E-state index in [9.17, 15) is 9.59 Å². The molecule has 35 heavy (non-hydrogen) atoms. The predicted octanol–water partition coefficient (Wildman–Crippen LogP) is 4.95. The maximum absolute atomic E-state index is 13.6. The zero-order chi connectivity index (χ0) is 25.1. The van der Waals surface area contributed by atoms with Crippen LogP contribution in [-0.4, -0.2) is 41.5 Å². The number of hydrogen-bond acceptors (Lipinski definition) is 8. The molecule has 0 aliphatic heterocycles. The zero-order valence-corrected chi connectivity index (χ0v) is 20.0. The molecule has 0 aliphatic carbocycles. The van der Waals surface area contributed by atoms with Gasteiger partial charge in [-0.25, -0.2) is 4.79 Å². The van der Waals surface area contributed by atoms with E-state index in [2.05, 4.69) is 0 Å². The standard InChI is InChI=1S/C27H24O8/c1-30-18-12-10-16(11-13-18)24-26(33-4)23(28)22-20(32-3)14-19(31-2)21(25(22)35-24)15-6-8-17(9-7-15)27(29)34-5/h6-14H,1-5H3. The van der Waals surface area contributed by atoms with Crippen LogP contribution in [0.1, 0.15) is 10.4 Å². The first-order valence-corrected chi connectivity index (χ1v) is 10.6. The van der Waals surface area contributed by atoms with Gasteiger partial charge in [0.2, 0.25) is 11.2 Å². The number of fused-ring (bicyclic) bond motifs is 1. The van der Waals surface area contributed by atoms with E-state index in [1.807, 2.05) is 0 Å². The molecule has 3 aromatic carbocycles. The van der Waals surface area contributed by atoms with Crippen LogP contribution < -0.4 is 24.4 Å². The number of hydrogen-bond donors (Lipinski definition) is 0. The Morgan fingerprint density at radius 3 is 1.91 bits per heavy atom. The van der Waals surface area contributed by atoms with Crippen LogP contribution in [0, 0.1) is 0 Å². The summed E-state index contributed by atoms with van der Waals surface area (Å²) in [4.78, 5) is 25.5. The van der Waals surface area contributed by atoms with Gasteiger partial charge in [0.1, 0.15) is 22.6 Å². The molecule has 0 saturated heterocycles. The molecule has 0 spiro atoms. The van der Waals surface area contributed by atoms with Crippen molar-refractivity contribution in [1.29, 1.82) is 0 Å². The molecule has 4 aromatic rings. The van der Waals surface area contributed by atoms with Crippen molar-refractivity contribution >= 4 is 16.9 Å². The Kier molecular flexibility index (Phi) is 6.64. The number of rotatable bonds is 7. The van der Waals surface area contributed by atoms with E-state index in [-0.39, 0.29) is 28.2 Å². The minimum atomic E-state index is -0.457. The summed E-state index contributed by atoms with van der Waals surface area (Å²) in [5, 5.41) is 0.203. The largest absolute Gasteiger partial charge is 0.497 e. The maximum Gasteiger partial charge on any atom is 0.337 e. The molecule has 0 aliphatic rings.